The van der Waals surface area contributed by atoms with Crippen molar-refractivity contribution >= 4 is 56.5 Å². The molecular formula is C13H9IN2O5S. The number of nitrogens with zero attached hydrogens (tertiary/aromatic N) is 1. The highest BCUT2D eigenvalue weighted by Gasteiger charge is 2.17. The van der Waals surface area contributed by atoms with E-state index in [1.165, 1.54) is 12.1 Å². The van der Waals surface area contributed by atoms with Crippen molar-refractivity contribution in [1.29, 1.82) is 0 Å². The fraction of sp³-hybridized carbons (Fsp3) is 0.0769. The number of carbonyl (C=O) groups is 2. The van der Waals surface area contributed by atoms with E-state index in [4.69, 9.17) is 4.74 Å². The average Bonchev–Trinajstić information content (AvgIpc) is 2.95. The smallest absolute Gasteiger partial charge is 0.349 e. The summed E-state index contributed by atoms with van der Waals surface area (Å²) >= 11 is 2.81. The highest BCUT2D eigenvalue weighted by molar-refractivity contribution is 14.1. The maximum Gasteiger partial charge on any atom is 0.349 e. The third kappa shape index (κ3) is 4.49. The maximum atomic E-state index is 11.7. The van der Waals surface area contributed by atoms with Gasteiger partial charge in [-0.25, -0.2) is 4.79 Å². The van der Waals surface area contributed by atoms with Crippen LogP contribution in [0.4, 0.5) is 10.7 Å². The van der Waals surface area contributed by atoms with Gasteiger partial charge < -0.3 is 10.1 Å². The van der Waals surface area contributed by atoms with E-state index in [0.29, 0.717) is 17.0 Å². The van der Waals surface area contributed by atoms with E-state index in [1.54, 1.807) is 18.2 Å². The molecule has 0 saturated carbocycles. The van der Waals surface area contributed by atoms with Crippen LogP contribution in [0.15, 0.2) is 36.4 Å². The van der Waals surface area contributed by atoms with Crippen LogP contribution in [0, 0.1) is 13.7 Å². The van der Waals surface area contributed by atoms with Gasteiger partial charge in [-0.3, -0.25) is 14.9 Å². The molecule has 1 heterocycles. The van der Waals surface area contributed by atoms with Crippen LogP contribution in [0.1, 0.15) is 9.67 Å². The van der Waals surface area contributed by atoms with Crippen molar-refractivity contribution in [2.45, 2.75) is 0 Å². The number of thiophene rings is 1. The molecule has 0 aliphatic carbocycles. The Kier molecular flexibility index (Phi) is 5.44. The molecule has 0 aliphatic rings. The number of nitro groups is 1. The molecule has 0 fully saturated rings. The average molecular weight is 432 g/mol. The van der Waals surface area contributed by atoms with Gasteiger partial charge in [-0.2, -0.15) is 0 Å². The van der Waals surface area contributed by atoms with Crippen molar-refractivity contribution in [2.75, 3.05) is 11.9 Å². The van der Waals surface area contributed by atoms with Gasteiger partial charge in [-0.15, -0.1) is 0 Å². The van der Waals surface area contributed by atoms with Crippen LogP contribution >= 0.6 is 33.9 Å². The van der Waals surface area contributed by atoms with Crippen LogP contribution in [0.3, 0.4) is 0 Å². The van der Waals surface area contributed by atoms with Gasteiger partial charge in [0.1, 0.15) is 4.88 Å². The summed E-state index contributed by atoms with van der Waals surface area (Å²) in [6, 6.07) is 9.65. The minimum atomic E-state index is -0.768. The summed E-state index contributed by atoms with van der Waals surface area (Å²) in [6.45, 7) is -0.462. The fourth-order valence-electron chi connectivity index (χ4n) is 1.50. The van der Waals surface area contributed by atoms with E-state index in [-0.39, 0.29) is 9.88 Å². The van der Waals surface area contributed by atoms with Gasteiger partial charge in [0.05, 0.1) is 4.92 Å². The zero-order chi connectivity index (χ0) is 16.1. The summed E-state index contributed by atoms with van der Waals surface area (Å²) in [5.74, 6) is -1.25. The van der Waals surface area contributed by atoms with Crippen molar-refractivity contribution in [3.63, 3.8) is 0 Å². The van der Waals surface area contributed by atoms with Crippen LogP contribution in [0.2, 0.25) is 0 Å². The first kappa shape index (κ1) is 16.4. The molecule has 9 heteroatoms. The minimum Gasteiger partial charge on any atom is -0.451 e. The summed E-state index contributed by atoms with van der Waals surface area (Å²) < 4.78 is 5.78. The molecule has 0 aliphatic heterocycles. The number of ether oxygens (including phenoxy) is 1. The Morgan fingerprint density at radius 1 is 1.32 bits per heavy atom. The van der Waals surface area contributed by atoms with Gasteiger partial charge in [-0.05, 0) is 46.9 Å². The lowest BCUT2D eigenvalue weighted by molar-refractivity contribution is -0.380. The molecule has 0 spiro atoms. The molecule has 2 aromatic rings. The molecule has 1 amide bonds. The highest BCUT2D eigenvalue weighted by atomic mass is 127. The molecule has 0 unspecified atom stereocenters. The molecule has 0 bridgehead atoms. The van der Waals surface area contributed by atoms with E-state index in [0.717, 1.165) is 3.57 Å². The first-order valence-corrected chi connectivity index (χ1v) is 7.82. The van der Waals surface area contributed by atoms with Crippen molar-refractivity contribution in [2.24, 2.45) is 0 Å². The number of hydrogen-bond acceptors (Lipinski definition) is 6. The number of nitrogens with one attached hydrogen (secondary N) is 1. The zero-order valence-corrected chi connectivity index (χ0v) is 13.9. The minimum absolute atomic E-state index is 0.0776. The van der Waals surface area contributed by atoms with E-state index in [9.17, 15) is 19.7 Å². The fourth-order valence-corrected chi connectivity index (χ4v) is 2.76. The van der Waals surface area contributed by atoms with E-state index in [1.807, 2.05) is 6.07 Å². The lowest BCUT2D eigenvalue weighted by Crippen LogP contribution is -2.20. The van der Waals surface area contributed by atoms with Crippen molar-refractivity contribution < 1.29 is 19.2 Å². The van der Waals surface area contributed by atoms with Gasteiger partial charge in [0.2, 0.25) is 0 Å². The summed E-state index contributed by atoms with van der Waals surface area (Å²) in [5, 5.41) is 13.0. The normalized spacial score (nSPS) is 10.0. The number of hydrogen-bond donors (Lipinski definition) is 1. The Hall–Kier alpha value is -2.01. The number of amides is 1. The van der Waals surface area contributed by atoms with E-state index >= 15 is 0 Å². The lowest BCUT2D eigenvalue weighted by atomic mass is 10.3. The second kappa shape index (κ2) is 7.31. The monoisotopic (exact) mass is 432 g/mol. The topological polar surface area (TPSA) is 98.5 Å². The van der Waals surface area contributed by atoms with Crippen LogP contribution in [-0.2, 0) is 9.53 Å². The summed E-state index contributed by atoms with van der Waals surface area (Å²) in [5.41, 5.74) is 0.597. The number of esters is 1. The number of carbonyl (C=O) groups excluding carboxylic acids is 2. The molecule has 1 N–H and O–H groups in total. The molecule has 1 aromatic heterocycles. The van der Waals surface area contributed by atoms with Crippen molar-refractivity contribution in [3.05, 3.63) is 55.0 Å². The molecule has 0 saturated heterocycles. The summed E-state index contributed by atoms with van der Waals surface area (Å²) in [7, 11) is 0. The number of halogens is 1. The number of anilines is 1. The second-order valence-electron chi connectivity index (χ2n) is 4.03. The third-order valence-electron chi connectivity index (χ3n) is 2.42. The van der Waals surface area contributed by atoms with E-state index in [2.05, 4.69) is 27.9 Å². The Bertz CT molecular complexity index is 731. The number of benzene rings is 1. The molecule has 2 rings (SSSR count). The Morgan fingerprint density at radius 2 is 2.09 bits per heavy atom. The maximum absolute atomic E-state index is 11.7. The van der Waals surface area contributed by atoms with Crippen LogP contribution in [0.5, 0.6) is 0 Å². The summed E-state index contributed by atoms with van der Waals surface area (Å²) in [6.07, 6.45) is 0. The molecule has 0 radical (unpaired) electrons. The van der Waals surface area contributed by atoms with Gasteiger partial charge in [-0.1, -0.05) is 17.4 Å². The Morgan fingerprint density at radius 3 is 2.73 bits per heavy atom. The molecular weight excluding hydrogens is 423 g/mol. The lowest BCUT2D eigenvalue weighted by Gasteiger charge is -2.06. The summed E-state index contributed by atoms with van der Waals surface area (Å²) in [4.78, 5) is 33.4. The second-order valence-corrected chi connectivity index (χ2v) is 6.34. The van der Waals surface area contributed by atoms with Gasteiger partial charge >= 0.3 is 11.0 Å². The standard InChI is InChI=1S/C13H9IN2O5S/c14-8-2-1-3-9(6-8)15-11(17)7-21-13(18)10-4-5-12(22-10)16(19)20/h1-6H,7H2,(H,15,17). The van der Waals surface area contributed by atoms with Crippen LogP contribution in [-0.4, -0.2) is 23.4 Å². The predicted molar refractivity (Wildman–Crippen MR) is 89.0 cm³/mol. The quantitative estimate of drug-likeness (QED) is 0.339. The van der Waals surface area contributed by atoms with Crippen molar-refractivity contribution in [3.8, 4) is 0 Å². The Balaban J connectivity index is 1.87. The number of rotatable bonds is 5. The highest BCUT2D eigenvalue weighted by Crippen LogP contribution is 2.24. The van der Waals surface area contributed by atoms with Gasteiger partial charge in [0.25, 0.3) is 5.91 Å². The van der Waals surface area contributed by atoms with Gasteiger partial charge in [0.15, 0.2) is 6.61 Å². The first-order valence-electron chi connectivity index (χ1n) is 5.92. The molecule has 22 heavy (non-hydrogen) atoms. The molecule has 1 aromatic carbocycles. The predicted octanol–water partition coefficient (Wildman–Crippen LogP) is 3.06. The third-order valence-corrected chi connectivity index (χ3v) is 4.10. The first-order chi connectivity index (χ1) is 10.5. The Labute approximate surface area is 142 Å². The molecule has 0 atom stereocenters. The van der Waals surface area contributed by atoms with Crippen LogP contribution < -0.4 is 5.32 Å². The van der Waals surface area contributed by atoms with Gasteiger partial charge in [0, 0.05) is 15.3 Å². The molecule has 7 nitrogen and oxygen atoms in total. The van der Waals surface area contributed by atoms with Crippen molar-refractivity contribution in [1.82, 2.24) is 0 Å². The SMILES string of the molecule is O=C(COC(=O)c1ccc([N+](=O)[O-])s1)Nc1cccc(I)c1. The molecule has 114 valence electrons. The zero-order valence-electron chi connectivity index (χ0n) is 10.9. The van der Waals surface area contributed by atoms with E-state index < -0.39 is 23.4 Å². The van der Waals surface area contributed by atoms with Crippen LogP contribution in [0.25, 0.3) is 0 Å². The largest absolute Gasteiger partial charge is 0.451 e.